The van der Waals surface area contributed by atoms with Crippen molar-refractivity contribution in [3.8, 4) is 0 Å². The van der Waals surface area contributed by atoms with Crippen molar-refractivity contribution >= 4 is 5.97 Å². The van der Waals surface area contributed by atoms with E-state index in [0.717, 1.165) is 25.7 Å². The van der Waals surface area contributed by atoms with Crippen molar-refractivity contribution in [1.29, 1.82) is 0 Å². The van der Waals surface area contributed by atoms with Crippen LogP contribution in [0.25, 0.3) is 0 Å². The fourth-order valence-electron chi connectivity index (χ4n) is 1.08. The highest BCUT2D eigenvalue weighted by Gasteiger charge is 2.07. The van der Waals surface area contributed by atoms with Crippen LogP contribution in [0.4, 0.5) is 0 Å². The molecule has 0 aliphatic heterocycles. The quantitative estimate of drug-likeness (QED) is 0.283. The molecular weight excluding hydrogens is 164 g/mol. The van der Waals surface area contributed by atoms with Gasteiger partial charge in [0.05, 0.1) is 12.7 Å². The number of carbonyl (C=O) groups excluding carboxylic acids is 1. The van der Waals surface area contributed by atoms with Crippen LogP contribution in [0.1, 0.15) is 39.5 Å². The summed E-state index contributed by atoms with van der Waals surface area (Å²) in [6.45, 7) is 3.99. The second-order valence-corrected chi connectivity index (χ2v) is 2.86. The molecule has 0 aromatic rings. The lowest BCUT2D eigenvalue weighted by Crippen LogP contribution is -2.03. The van der Waals surface area contributed by atoms with Gasteiger partial charge < -0.3 is 4.74 Å². The van der Waals surface area contributed by atoms with Gasteiger partial charge in [0.1, 0.15) is 0 Å². The van der Waals surface area contributed by atoms with Crippen LogP contribution in [-0.4, -0.2) is 13.1 Å². The molecule has 0 fully saturated rings. The van der Waals surface area contributed by atoms with Gasteiger partial charge in [-0.1, -0.05) is 19.8 Å². The first-order chi connectivity index (χ1) is 6.26. The number of hydrogen-bond donors (Lipinski definition) is 0. The van der Waals surface area contributed by atoms with Gasteiger partial charge in [-0.3, -0.25) is 0 Å². The van der Waals surface area contributed by atoms with E-state index in [0.29, 0.717) is 5.57 Å². The van der Waals surface area contributed by atoms with E-state index in [1.54, 1.807) is 6.08 Å². The number of unbranched alkanes of at least 4 members (excludes halogenated alkanes) is 2. The molecule has 0 aromatic heterocycles. The molecule has 0 heterocycles. The summed E-state index contributed by atoms with van der Waals surface area (Å²) in [6, 6.07) is 0. The summed E-state index contributed by atoms with van der Waals surface area (Å²) in [6.07, 6.45) is 5.85. The number of carbonyl (C=O) groups is 1. The first kappa shape index (κ1) is 12.0. The summed E-state index contributed by atoms with van der Waals surface area (Å²) in [5.41, 5.74) is 3.56. The Morgan fingerprint density at radius 3 is 2.62 bits per heavy atom. The Morgan fingerprint density at radius 2 is 2.15 bits per heavy atom. The molecule has 0 N–H and O–H groups in total. The van der Waals surface area contributed by atoms with E-state index in [2.05, 4.69) is 17.4 Å². The van der Waals surface area contributed by atoms with Gasteiger partial charge in [0.15, 0.2) is 0 Å². The Labute approximate surface area is 80.3 Å². The van der Waals surface area contributed by atoms with Crippen LogP contribution in [0.15, 0.2) is 17.4 Å². The lowest BCUT2D eigenvalue weighted by molar-refractivity contribution is -0.136. The van der Waals surface area contributed by atoms with Crippen molar-refractivity contribution in [2.45, 2.75) is 39.5 Å². The zero-order valence-corrected chi connectivity index (χ0v) is 8.72. The van der Waals surface area contributed by atoms with Crippen molar-refractivity contribution in [2.75, 3.05) is 7.11 Å². The predicted molar refractivity (Wildman–Crippen MR) is 53.4 cm³/mol. The molecule has 2 heteroatoms. The molecule has 0 aliphatic carbocycles. The summed E-state index contributed by atoms with van der Waals surface area (Å²) in [4.78, 5) is 11.2. The maximum atomic E-state index is 11.2. The molecule has 0 unspecified atom stereocenters. The third kappa shape index (κ3) is 5.26. The van der Waals surface area contributed by atoms with Crippen molar-refractivity contribution in [3.63, 3.8) is 0 Å². The molecule has 74 valence electrons. The molecule has 0 amide bonds. The number of esters is 1. The Morgan fingerprint density at radius 1 is 1.46 bits per heavy atom. The summed E-state index contributed by atoms with van der Waals surface area (Å²) >= 11 is 0. The maximum Gasteiger partial charge on any atom is 0.341 e. The minimum Gasteiger partial charge on any atom is -0.465 e. The lowest BCUT2D eigenvalue weighted by atomic mass is 10.1. The van der Waals surface area contributed by atoms with Crippen molar-refractivity contribution < 1.29 is 9.53 Å². The van der Waals surface area contributed by atoms with Crippen molar-refractivity contribution in [1.82, 2.24) is 0 Å². The van der Waals surface area contributed by atoms with Crippen molar-refractivity contribution in [3.05, 3.63) is 17.4 Å². The SMILES string of the molecule is CC=C=C(CCCCC)C(=O)OC. The zero-order valence-electron chi connectivity index (χ0n) is 8.72. The molecule has 0 spiro atoms. The normalized spacial score (nSPS) is 8.85. The Bertz CT molecular complexity index is 210. The molecule has 0 atom stereocenters. The Hall–Kier alpha value is -1.01. The average Bonchev–Trinajstić information content (AvgIpc) is 2.16. The van der Waals surface area contributed by atoms with Crippen LogP contribution in [0.2, 0.25) is 0 Å². The first-order valence-electron chi connectivity index (χ1n) is 4.74. The number of hydrogen-bond acceptors (Lipinski definition) is 2. The largest absolute Gasteiger partial charge is 0.465 e. The van der Waals surface area contributed by atoms with E-state index in [1.807, 2.05) is 6.92 Å². The standard InChI is InChI=1S/C11H18O2/c1-4-6-7-9-10(8-5-2)11(12)13-3/h5H,4,6-7,9H2,1-3H3. The molecule has 0 bridgehead atoms. The second-order valence-electron chi connectivity index (χ2n) is 2.86. The van der Waals surface area contributed by atoms with Crippen LogP contribution in [0.3, 0.4) is 0 Å². The molecule has 2 nitrogen and oxygen atoms in total. The zero-order chi connectivity index (χ0) is 10.1. The van der Waals surface area contributed by atoms with Crippen LogP contribution in [0, 0.1) is 0 Å². The van der Waals surface area contributed by atoms with Gasteiger partial charge in [-0.25, -0.2) is 4.79 Å². The predicted octanol–water partition coefficient (Wildman–Crippen LogP) is 2.84. The van der Waals surface area contributed by atoms with Crippen LogP contribution in [-0.2, 0) is 9.53 Å². The number of rotatable bonds is 5. The van der Waals surface area contributed by atoms with E-state index in [4.69, 9.17) is 0 Å². The minimum atomic E-state index is -0.255. The fourth-order valence-corrected chi connectivity index (χ4v) is 1.08. The van der Waals surface area contributed by atoms with Crippen LogP contribution in [0.5, 0.6) is 0 Å². The van der Waals surface area contributed by atoms with E-state index < -0.39 is 0 Å². The number of methoxy groups -OCH3 is 1. The highest BCUT2D eigenvalue weighted by atomic mass is 16.5. The van der Waals surface area contributed by atoms with E-state index >= 15 is 0 Å². The van der Waals surface area contributed by atoms with E-state index in [-0.39, 0.29) is 5.97 Å². The molecule has 0 saturated heterocycles. The smallest absolute Gasteiger partial charge is 0.341 e. The van der Waals surface area contributed by atoms with Gasteiger partial charge in [0.2, 0.25) is 0 Å². The van der Waals surface area contributed by atoms with Crippen LogP contribution < -0.4 is 0 Å². The van der Waals surface area contributed by atoms with Gasteiger partial charge in [-0.2, -0.15) is 0 Å². The molecule has 0 radical (unpaired) electrons. The number of ether oxygens (including phenoxy) is 1. The van der Waals surface area contributed by atoms with Gasteiger partial charge in [0, 0.05) is 0 Å². The maximum absolute atomic E-state index is 11.2. The molecule has 0 aromatic carbocycles. The summed E-state index contributed by atoms with van der Waals surface area (Å²) in [5.74, 6) is -0.255. The summed E-state index contributed by atoms with van der Waals surface area (Å²) < 4.78 is 4.64. The minimum absolute atomic E-state index is 0.255. The van der Waals surface area contributed by atoms with Gasteiger partial charge in [-0.15, -0.1) is 5.73 Å². The molecule has 0 saturated carbocycles. The highest BCUT2D eigenvalue weighted by Crippen LogP contribution is 2.09. The summed E-state index contributed by atoms with van der Waals surface area (Å²) in [5, 5.41) is 0. The molecule has 13 heavy (non-hydrogen) atoms. The third-order valence-electron chi connectivity index (χ3n) is 1.78. The van der Waals surface area contributed by atoms with Gasteiger partial charge in [0.25, 0.3) is 0 Å². The fraction of sp³-hybridized carbons (Fsp3) is 0.636. The van der Waals surface area contributed by atoms with Gasteiger partial charge >= 0.3 is 5.97 Å². The summed E-state index contributed by atoms with van der Waals surface area (Å²) in [7, 11) is 1.40. The molecule has 0 rings (SSSR count). The highest BCUT2D eigenvalue weighted by molar-refractivity contribution is 5.87. The van der Waals surface area contributed by atoms with Crippen molar-refractivity contribution in [2.24, 2.45) is 0 Å². The van der Waals surface area contributed by atoms with E-state index in [9.17, 15) is 4.79 Å². The van der Waals surface area contributed by atoms with E-state index in [1.165, 1.54) is 7.11 Å². The molecular formula is C11H18O2. The monoisotopic (exact) mass is 182 g/mol. The Kier molecular flexibility index (Phi) is 7.04. The topological polar surface area (TPSA) is 26.3 Å². The average molecular weight is 182 g/mol. The second kappa shape index (κ2) is 7.63. The first-order valence-corrected chi connectivity index (χ1v) is 4.74. The molecule has 0 aliphatic rings. The van der Waals surface area contributed by atoms with Crippen LogP contribution >= 0.6 is 0 Å². The third-order valence-corrected chi connectivity index (χ3v) is 1.78. The van der Waals surface area contributed by atoms with Gasteiger partial charge in [-0.05, 0) is 25.8 Å². The lowest BCUT2D eigenvalue weighted by Gasteiger charge is -2.01. The Balaban J connectivity index is 4.13.